The standard InChI is InChI=1S/C13H16BrFO/c1-3-4-9(2)13(16)8-10-7-11(15)5-6-12(10)14/h5-7,9H,3-4,8H2,1-2H3. The highest BCUT2D eigenvalue weighted by molar-refractivity contribution is 9.10. The molecule has 1 nitrogen and oxygen atoms in total. The molecule has 1 aromatic carbocycles. The van der Waals surface area contributed by atoms with Crippen LogP contribution < -0.4 is 0 Å². The van der Waals surface area contributed by atoms with E-state index in [0.717, 1.165) is 22.9 Å². The summed E-state index contributed by atoms with van der Waals surface area (Å²) in [5.41, 5.74) is 0.730. The Morgan fingerprint density at radius 1 is 1.50 bits per heavy atom. The number of ketones is 1. The van der Waals surface area contributed by atoms with Crippen LogP contribution in [0.1, 0.15) is 32.3 Å². The highest BCUT2D eigenvalue weighted by atomic mass is 79.9. The summed E-state index contributed by atoms with van der Waals surface area (Å²) in [6, 6.07) is 4.44. The van der Waals surface area contributed by atoms with Crippen molar-refractivity contribution in [3.63, 3.8) is 0 Å². The quantitative estimate of drug-likeness (QED) is 0.795. The topological polar surface area (TPSA) is 17.1 Å². The first-order valence-corrected chi connectivity index (χ1v) is 6.30. The highest BCUT2D eigenvalue weighted by Crippen LogP contribution is 2.20. The van der Waals surface area contributed by atoms with Crippen molar-refractivity contribution >= 4 is 21.7 Å². The molecule has 0 bridgehead atoms. The Morgan fingerprint density at radius 2 is 2.19 bits per heavy atom. The predicted molar refractivity (Wildman–Crippen MR) is 66.9 cm³/mol. The van der Waals surface area contributed by atoms with Crippen molar-refractivity contribution in [1.29, 1.82) is 0 Å². The molecule has 0 fully saturated rings. The van der Waals surface area contributed by atoms with Gasteiger partial charge in [-0.2, -0.15) is 0 Å². The maximum absolute atomic E-state index is 13.0. The SMILES string of the molecule is CCCC(C)C(=O)Cc1cc(F)ccc1Br. The van der Waals surface area contributed by atoms with Crippen LogP contribution in [0.15, 0.2) is 22.7 Å². The number of rotatable bonds is 5. The monoisotopic (exact) mass is 286 g/mol. The molecule has 0 amide bonds. The molecular formula is C13H16BrFO. The molecule has 0 N–H and O–H groups in total. The molecule has 3 heteroatoms. The van der Waals surface area contributed by atoms with Crippen LogP contribution in [0.2, 0.25) is 0 Å². The molecule has 1 atom stereocenters. The summed E-state index contributed by atoms with van der Waals surface area (Å²) in [5, 5.41) is 0. The number of benzene rings is 1. The average molecular weight is 287 g/mol. The van der Waals surface area contributed by atoms with Crippen molar-refractivity contribution < 1.29 is 9.18 Å². The minimum absolute atomic E-state index is 0.0557. The van der Waals surface area contributed by atoms with E-state index in [1.165, 1.54) is 12.1 Å². The molecule has 0 aliphatic rings. The van der Waals surface area contributed by atoms with E-state index in [1.54, 1.807) is 6.07 Å². The number of hydrogen-bond donors (Lipinski definition) is 0. The first-order valence-electron chi connectivity index (χ1n) is 5.51. The lowest BCUT2D eigenvalue weighted by Gasteiger charge is -2.10. The summed E-state index contributed by atoms with van der Waals surface area (Å²) in [6.07, 6.45) is 2.20. The Labute approximate surface area is 104 Å². The minimum atomic E-state index is -0.297. The Kier molecular flexibility index (Phi) is 5.13. The van der Waals surface area contributed by atoms with Crippen molar-refractivity contribution in [2.45, 2.75) is 33.1 Å². The van der Waals surface area contributed by atoms with Crippen molar-refractivity contribution in [2.24, 2.45) is 5.92 Å². The molecule has 1 rings (SSSR count). The zero-order valence-corrected chi connectivity index (χ0v) is 11.2. The fourth-order valence-corrected chi connectivity index (χ4v) is 2.02. The maximum atomic E-state index is 13.0. The van der Waals surface area contributed by atoms with Crippen LogP contribution in [0.4, 0.5) is 4.39 Å². The van der Waals surface area contributed by atoms with Crippen LogP contribution in [-0.4, -0.2) is 5.78 Å². The first-order chi connectivity index (χ1) is 7.54. The van der Waals surface area contributed by atoms with Crippen molar-refractivity contribution in [3.8, 4) is 0 Å². The van der Waals surface area contributed by atoms with Crippen molar-refractivity contribution in [2.75, 3.05) is 0 Å². The molecule has 0 spiro atoms. The molecule has 0 radical (unpaired) electrons. The van der Waals surface area contributed by atoms with Gasteiger partial charge in [-0.15, -0.1) is 0 Å². The highest BCUT2D eigenvalue weighted by Gasteiger charge is 2.14. The Morgan fingerprint density at radius 3 is 2.81 bits per heavy atom. The third-order valence-corrected chi connectivity index (χ3v) is 3.42. The summed E-state index contributed by atoms with van der Waals surface area (Å²) in [5.74, 6) is -0.0672. The van der Waals surface area contributed by atoms with E-state index in [0.29, 0.717) is 6.42 Å². The van der Waals surface area contributed by atoms with Gasteiger partial charge in [0, 0.05) is 16.8 Å². The summed E-state index contributed by atoms with van der Waals surface area (Å²) >= 11 is 3.33. The molecule has 16 heavy (non-hydrogen) atoms. The Balaban J connectivity index is 2.72. The number of halogens is 2. The summed E-state index contributed by atoms with van der Waals surface area (Å²) in [4.78, 5) is 11.8. The lowest BCUT2D eigenvalue weighted by molar-refractivity contribution is -0.121. The van der Waals surface area contributed by atoms with Gasteiger partial charge in [-0.05, 0) is 30.2 Å². The largest absolute Gasteiger partial charge is 0.299 e. The van der Waals surface area contributed by atoms with Gasteiger partial charge in [0.1, 0.15) is 11.6 Å². The lowest BCUT2D eigenvalue weighted by Crippen LogP contribution is -2.13. The normalized spacial score (nSPS) is 12.5. The van der Waals surface area contributed by atoms with Gasteiger partial charge in [0.25, 0.3) is 0 Å². The van der Waals surface area contributed by atoms with Crippen LogP contribution in [0.5, 0.6) is 0 Å². The Hall–Kier alpha value is -0.700. The van der Waals surface area contributed by atoms with E-state index < -0.39 is 0 Å². The summed E-state index contributed by atoms with van der Waals surface area (Å²) < 4.78 is 13.8. The van der Waals surface area contributed by atoms with E-state index in [1.807, 2.05) is 6.92 Å². The summed E-state index contributed by atoms with van der Waals surface area (Å²) in [6.45, 7) is 3.99. The van der Waals surface area contributed by atoms with Gasteiger partial charge in [0.15, 0.2) is 0 Å². The van der Waals surface area contributed by atoms with Crippen LogP contribution in [0.3, 0.4) is 0 Å². The minimum Gasteiger partial charge on any atom is -0.299 e. The van der Waals surface area contributed by atoms with Crippen LogP contribution >= 0.6 is 15.9 Å². The molecule has 0 heterocycles. The second kappa shape index (κ2) is 6.14. The zero-order chi connectivity index (χ0) is 12.1. The smallest absolute Gasteiger partial charge is 0.140 e. The van der Waals surface area contributed by atoms with Gasteiger partial charge in [0.2, 0.25) is 0 Å². The molecule has 0 aliphatic heterocycles. The number of hydrogen-bond acceptors (Lipinski definition) is 1. The number of Topliss-reactive ketones (excluding diaryl/α,β-unsaturated/α-hetero) is 1. The second-order valence-corrected chi connectivity index (χ2v) is 4.92. The van der Waals surface area contributed by atoms with Crippen molar-refractivity contribution in [1.82, 2.24) is 0 Å². The fraction of sp³-hybridized carbons (Fsp3) is 0.462. The van der Waals surface area contributed by atoms with E-state index in [4.69, 9.17) is 0 Å². The van der Waals surface area contributed by atoms with Crippen LogP contribution in [0, 0.1) is 11.7 Å². The van der Waals surface area contributed by atoms with Gasteiger partial charge in [0.05, 0.1) is 0 Å². The van der Waals surface area contributed by atoms with E-state index in [-0.39, 0.29) is 17.5 Å². The molecule has 0 aromatic heterocycles. The molecule has 0 aliphatic carbocycles. The van der Waals surface area contributed by atoms with E-state index in [9.17, 15) is 9.18 Å². The zero-order valence-electron chi connectivity index (χ0n) is 9.59. The molecular weight excluding hydrogens is 271 g/mol. The van der Waals surface area contributed by atoms with Gasteiger partial charge in [-0.1, -0.05) is 36.2 Å². The number of carbonyl (C=O) groups excluding carboxylic acids is 1. The average Bonchev–Trinajstić information content (AvgIpc) is 2.23. The first kappa shape index (κ1) is 13.4. The van der Waals surface area contributed by atoms with Crippen LogP contribution in [0.25, 0.3) is 0 Å². The van der Waals surface area contributed by atoms with E-state index in [2.05, 4.69) is 22.9 Å². The van der Waals surface area contributed by atoms with Crippen LogP contribution in [-0.2, 0) is 11.2 Å². The third kappa shape index (κ3) is 3.71. The van der Waals surface area contributed by atoms with Gasteiger partial charge in [-0.3, -0.25) is 4.79 Å². The molecule has 1 aromatic rings. The predicted octanol–water partition coefficient (Wildman–Crippen LogP) is 4.14. The van der Waals surface area contributed by atoms with E-state index >= 15 is 0 Å². The van der Waals surface area contributed by atoms with Gasteiger partial charge >= 0.3 is 0 Å². The molecule has 1 unspecified atom stereocenters. The van der Waals surface area contributed by atoms with Crippen molar-refractivity contribution in [3.05, 3.63) is 34.1 Å². The molecule has 0 saturated heterocycles. The molecule has 88 valence electrons. The van der Waals surface area contributed by atoms with Gasteiger partial charge < -0.3 is 0 Å². The third-order valence-electron chi connectivity index (χ3n) is 2.64. The lowest BCUT2D eigenvalue weighted by atomic mass is 9.96. The number of carbonyl (C=O) groups is 1. The Bertz CT molecular complexity index is 376. The summed E-state index contributed by atoms with van der Waals surface area (Å²) in [7, 11) is 0. The maximum Gasteiger partial charge on any atom is 0.140 e. The molecule has 0 saturated carbocycles. The van der Waals surface area contributed by atoms with Gasteiger partial charge in [-0.25, -0.2) is 4.39 Å². The second-order valence-electron chi connectivity index (χ2n) is 4.07. The fourth-order valence-electron chi connectivity index (χ4n) is 1.63.